The van der Waals surface area contributed by atoms with Crippen LogP contribution < -0.4 is 5.73 Å². The SMILES string of the molecule is CC(N)C1CCCN(C(=O)c2ccoc2Br)C1. The molecule has 5 heteroatoms. The highest BCUT2D eigenvalue weighted by atomic mass is 79.9. The molecule has 0 bridgehead atoms. The van der Waals surface area contributed by atoms with Crippen LogP contribution in [0, 0.1) is 5.92 Å². The van der Waals surface area contributed by atoms with Gasteiger partial charge in [0.25, 0.3) is 5.91 Å². The number of amides is 1. The van der Waals surface area contributed by atoms with E-state index in [1.165, 1.54) is 6.26 Å². The number of piperidine rings is 1. The number of carbonyl (C=O) groups is 1. The molecule has 2 rings (SSSR count). The van der Waals surface area contributed by atoms with E-state index < -0.39 is 0 Å². The van der Waals surface area contributed by atoms with Crippen LogP contribution >= 0.6 is 15.9 Å². The summed E-state index contributed by atoms with van der Waals surface area (Å²) in [7, 11) is 0. The highest BCUT2D eigenvalue weighted by molar-refractivity contribution is 9.10. The predicted molar refractivity (Wildman–Crippen MR) is 68.7 cm³/mol. The fourth-order valence-electron chi connectivity index (χ4n) is 2.24. The quantitative estimate of drug-likeness (QED) is 0.911. The molecule has 2 unspecified atom stereocenters. The Labute approximate surface area is 109 Å². The van der Waals surface area contributed by atoms with Gasteiger partial charge in [-0.15, -0.1) is 0 Å². The zero-order valence-corrected chi connectivity index (χ0v) is 11.4. The second-order valence-electron chi connectivity index (χ2n) is 4.62. The van der Waals surface area contributed by atoms with E-state index in [1.807, 2.05) is 11.8 Å². The molecule has 2 N–H and O–H groups in total. The third-order valence-corrected chi connectivity index (χ3v) is 3.95. The Hall–Kier alpha value is -0.810. The smallest absolute Gasteiger partial charge is 0.258 e. The Bertz CT molecular complexity index is 403. The first-order valence-corrected chi connectivity index (χ1v) is 6.66. The van der Waals surface area contributed by atoms with Crippen LogP contribution in [0.15, 0.2) is 21.4 Å². The molecule has 0 radical (unpaired) electrons. The van der Waals surface area contributed by atoms with Crippen molar-refractivity contribution in [2.45, 2.75) is 25.8 Å². The van der Waals surface area contributed by atoms with Gasteiger partial charge in [0.05, 0.1) is 11.8 Å². The zero-order chi connectivity index (χ0) is 12.4. The Balaban J connectivity index is 2.07. The fourth-order valence-corrected chi connectivity index (χ4v) is 2.65. The molecular weight excluding hydrogens is 284 g/mol. The van der Waals surface area contributed by atoms with Gasteiger partial charge in [0.15, 0.2) is 4.67 Å². The molecule has 94 valence electrons. The van der Waals surface area contributed by atoms with E-state index in [1.54, 1.807) is 6.07 Å². The lowest BCUT2D eigenvalue weighted by atomic mass is 9.92. The van der Waals surface area contributed by atoms with Crippen LogP contribution in [0.5, 0.6) is 0 Å². The van der Waals surface area contributed by atoms with Gasteiger partial charge in [0, 0.05) is 19.1 Å². The summed E-state index contributed by atoms with van der Waals surface area (Å²) < 4.78 is 5.60. The monoisotopic (exact) mass is 300 g/mol. The lowest BCUT2D eigenvalue weighted by molar-refractivity contribution is 0.0659. The maximum atomic E-state index is 12.2. The fraction of sp³-hybridized carbons (Fsp3) is 0.583. The first-order valence-electron chi connectivity index (χ1n) is 5.87. The lowest BCUT2D eigenvalue weighted by Gasteiger charge is -2.34. The van der Waals surface area contributed by atoms with Gasteiger partial charge in [-0.25, -0.2) is 0 Å². The summed E-state index contributed by atoms with van der Waals surface area (Å²) in [5.74, 6) is 0.425. The Morgan fingerprint density at radius 1 is 1.71 bits per heavy atom. The molecule has 17 heavy (non-hydrogen) atoms. The second-order valence-corrected chi connectivity index (χ2v) is 5.34. The molecule has 0 saturated carbocycles. The first kappa shape index (κ1) is 12.6. The minimum absolute atomic E-state index is 0.0241. The van der Waals surface area contributed by atoms with E-state index in [9.17, 15) is 4.79 Å². The Morgan fingerprint density at radius 2 is 2.47 bits per heavy atom. The number of halogens is 1. The third kappa shape index (κ3) is 2.72. The topological polar surface area (TPSA) is 59.5 Å². The van der Waals surface area contributed by atoms with E-state index in [0.29, 0.717) is 16.2 Å². The normalized spacial score (nSPS) is 22.5. The van der Waals surface area contributed by atoms with Gasteiger partial charge in [0.1, 0.15) is 0 Å². The van der Waals surface area contributed by atoms with Crippen molar-refractivity contribution < 1.29 is 9.21 Å². The van der Waals surface area contributed by atoms with Crippen molar-refractivity contribution >= 4 is 21.8 Å². The molecule has 1 aliphatic heterocycles. The van der Waals surface area contributed by atoms with Crippen molar-refractivity contribution in [1.82, 2.24) is 4.90 Å². The number of furan rings is 1. The van der Waals surface area contributed by atoms with Crippen molar-refractivity contribution in [2.75, 3.05) is 13.1 Å². The zero-order valence-electron chi connectivity index (χ0n) is 9.86. The number of hydrogen-bond donors (Lipinski definition) is 1. The van der Waals surface area contributed by atoms with Gasteiger partial charge in [-0.05, 0) is 47.7 Å². The van der Waals surface area contributed by atoms with Crippen LogP contribution in [0.3, 0.4) is 0 Å². The minimum atomic E-state index is 0.0241. The van der Waals surface area contributed by atoms with Crippen LogP contribution in [-0.2, 0) is 0 Å². The average Bonchev–Trinajstić information content (AvgIpc) is 2.74. The van der Waals surface area contributed by atoms with Crippen molar-refractivity contribution in [1.29, 1.82) is 0 Å². The van der Waals surface area contributed by atoms with E-state index in [-0.39, 0.29) is 11.9 Å². The van der Waals surface area contributed by atoms with Crippen molar-refractivity contribution in [3.8, 4) is 0 Å². The number of carbonyl (C=O) groups excluding carboxylic acids is 1. The molecule has 2 heterocycles. The molecule has 1 saturated heterocycles. The van der Waals surface area contributed by atoms with Gasteiger partial charge < -0.3 is 15.1 Å². The summed E-state index contributed by atoms with van der Waals surface area (Å²) in [6, 6.07) is 1.83. The standard InChI is InChI=1S/C12H17BrN2O2/c1-8(14)9-3-2-5-15(7-9)12(16)10-4-6-17-11(10)13/h4,6,8-9H,2-3,5,7,14H2,1H3. The molecular formula is C12H17BrN2O2. The Kier molecular flexibility index (Phi) is 3.89. The molecule has 2 atom stereocenters. The number of nitrogens with zero attached hydrogens (tertiary/aromatic N) is 1. The summed E-state index contributed by atoms with van der Waals surface area (Å²) in [5, 5.41) is 0. The summed E-state index contributed by atoms with van der Waals surface area (Å²) in [6.45, 7) is 3.56. The van der Waals surface area contributed by atoms with Gasteiger partial charge in [0.2, 0.25) is 0 Å². The third-order valence-electron chi connectivity index (χ3n) is 3.34. The summed E-state index contributed by atoms with van der Waals surface area (Å²) in [6.07, 6.45) is 3.64. The molecule has 0 spiro atoms. The van der Waals surface area contributed by atoms with Gasteiger partial charge in [-0.3, -0.25) is 4.79 Å². The molecule has 0 aliphatic carbocycles. The summed E-state index contributed by atoms with van der Waals surface area (Å²) in [5.41, 5.74) is 6.51. The largest absolute Gasteiger partial charge is 0.457 e. The molecule has 1 aromatic rings. The molecule has 1 amide bonds. The molecule has 0 aromatic carbocycles. The number of rotatable bonds is 2. The van der Waals surface area contributed by atoms with Crippen molar-refractivity contribution in [2.24, 2.45) is 11.7 Å². The first-order chi connectivity index (χ1) is 8.09. The van der Waals surface area contributed by atoms with E-state index in [2.05, 4.69) is 15.9 Å². The van der Waals surface area contributed by atoms with Crippen LogP contribution in [0.1, 0.15) is 30.1 Å². The number of nitrogens with two attached hydrogens (primary N) is 1. The van der Waals surface area contributed by atoms with Crippen LogP contribution in [0.4, 0.5) is 0 Å². The lowest BCUT2D eigenvalue weighted by Crippen LogP contribution is -2.45. The van der Waals surface area contributed by atoms with E-state index >= 15 is 0 Å². The summed E-state index contributed by atoms with van der Waals surface area (Å²) in [4.78, 5) is 14.1. The van der Waals surface area contributed by atoms with Gasteiger partial charge in [-0.1, -0.05) is 0 Å². The van der Waals surface area contributed by atoms with Crippen LogP contribution in [0.25, 0.3) is 0 Å². The highest BCUT2D eigenvalue weighted by Gasteiger charge is 2.27. The second kappa shape index (κ2) is 5.23. The molecule has 4 nitrogen and oxygen atoms in total. The van der Waals surface area contributed by atoms with Crippen molar-refractivity contribution in [3.05, 3.63) is 22.6 Å². The van der Waals surface area contributed by atoms with E-state index in [0.717, 1.165) is 25.9 Å². The van der Waals surface area contributed by atoms with Gasteiger partial charge >= 0.3 is 0 Å². The number of hydrogen-bond acceptors (Lipinski definition) is 3. The highest BCUT2D eigenvalue weighted by Crippen LogP contribution is 2.24. The molecule has 1 aliphatic rings. The van der Waals surface area contributed by atoms with E-state index in [4.69, 9.17) is 10.2 Å². The minimum Gasteiger partial charge on any atom is -0.457 e. The van der Waals surface area contributed by atoms with Crippen molar-refractivity contribution in [3.63, 3.8) is 0 Å². The van der Waals surface area contributed by atoms with Gasteiger partial charge in [-0.2, -0.15) is 0 Å². The Morgan fingerprint density at radius 3 is 3.06 bits per heavy atom. The average molecular weight is 301 g/mol. The number of likely N-dealkylation sites (tertiary alicyclic amines) is 1. The molecule has 1 fully saturated rings. The predicted octanol–water partition coefficient (Wildman–Crippen LogP) is 2.24. The van der Waals surface area contributed by atoms with Crippen LogP contribution in [-0.4, -0.2) is 29.9 Å². The summed E-state index contributed by atoms with van der Waals surface area (Å²) >= 11 is 3.24. The maximum absolute atomic E-state index is 12.2. The van der Waals surface area contributed by atoms with Crippen LogP contribution in [0.2, 0.25) is 0 Å². The maximum Gasteiger partial charge on any atom is 0.258 e. The molecule has 1 aromatic heterocycles.